The van der Waals surface area contributed by atoms with Gasteiger partial charge in [0, 0.05) is 41.9 Å². The van der Waals surface area contributed by atoms with Crippen LogP contribution in [0.25, 0.3) is 17.0 Å². The minimum absolute atomic E-state index is 0.213. The van der Waals surface area contributed by atoms with Gasteiger partial charge in [0.25, 0.3) is 0 Å². The van der Waals surface area contributed by atoms with Crippen molar-refractivity contribution >= 4 is 28.5 Å². The molecule has 0 spiro atoms. The van der Waals surface area contributed by atoms with Crippen LogP contribution in [0.2, 0.25) is 0 Å². The fourth-order valence-corrected chi connectivity index (χ4v) is 4.90. The van der Waals surface area contributed by atoms with Gasteiger partial charge in [-0.25, -0.2) is 4.79 Å². The molecule has 1 heterocycles. The molecular weight excluding hydrogens is 464 g/mol. The minimum atomic E-state index is -3.68. The molecule has 0 aliphatic heterocycles. The molecule has 36 heavy (non-hydrogen) atoms. The molecule has 4 rings (SSSR count). The molecule has 5 nitrogen and oxygen atoms in total. The molecule has 1 aliphatic carbocycles. The van der Waals surface area contributed by atoms with E-state index < -0.39 is 28.3 Å². The summed E-state index contributed by atoms with van der Waals surface area (Å²) in [6.45, 7) is 11.4. The standard InChI is InChI=1S/C29H31F2NO4/c1-6-32(18-13-22(17(2)3)20-8-10-27(35)36-25(20)14-18)12-11-28(4,5)23-15-19(33)16-24-21(23)7-9-26(34)29(24,30)31/h7-10,13-17,33H,6,11-12H2,1-5H3. The number of hydrogen-bond acceptors (Lipinski definition) is 5. The molecule has 2 aromatic carbocycles. The molecule has 0 saturated carbocycles. The second-order valence-electron chi connectivity index (χ2n) is 10.3. The number of fused-ring (bicyclic) bond motifs is 2. The zero-order valence-corrected chi connectivity index (χ0v) is 21.2. The molecule has 7 heteroatoms. The maximum absolute atomic E-state index is 14.6. The number of anilines is 1. The summed E-state index contributed by atoms with van der Waals surface area (Å²) >= 11 is 0. The van der Waals surface area contributed by atoms with Crippen LogP contribution < -0.4 is 10.5 Å². The first-order chi connectivity index (χ1) is 16.8. The molecule has 3 aromatic rings. The van der Waals surface area contributed by atoms with E-state index in [4.69, 9.17) is 4.42 Å². The van der Waals surface area contributed by atoms with E-state index in [-0.39, 0.29) is 17.2 Å². The van der Waals surface area contributed by atoms with Crippen LogP contribution in [0, 0.1) is 0 Å². The van der Waals surface area contributed by atoms with Crippen LogP contribution in [-0.2, 0) is 16.1 Å². The Balaban J connectivity index is 1.69. The predicted molar refractivity (Wildman–Crippen MR) is 138 cm³/mol. The van der Waals surface area contributed by atoms with E-state index in [1.54, 1.807) is 6.07 Å². The molecule has 1 aliphatic rings. The van der Waals surface area contributed by atoms with E-state index in [0.29, 0.717) is 30.7 Å². The first kappa shape index (κ1) is 25.6. The lowest BCUT2D eigenvalue weighted by Crippen LogP contribution is -2.32. The molecule has 0 amide bonds. The lowest BCUT2D eigenvalue weighted by atomic mass is 9.75. The van der Waals surface area contributed by atoms with Crippen molar-refractivity contribution in [3.63, 3.8) is 0 Å². The summed E-state index contributed by atoms with van der Waals surface area (Å²) in [5, 5.41) is 11.1. The summed E-state index contributed by atoms with van der Waals surface area (Å²) < 4.78 is 34.8. The molecule has 1 aromatic heterocycles. The molecule has 190 valence electrons. The number of ketones is 1. The Morgan fingerprint density at radius 1 is 1.08 bits per heavy atom. The fraction of sp³-hybridized carbons (Fsp3) is 0.379. The average molecular weight is 496 g/mol. The maximum Gasteiger partial charge on any atom is 0.336 e. The highest BCUT2D eigenvalue weighted by atomic mass is 19.3. The Bertz CT molecular complexity index is 1420. The van der Waals surface area contributed by atoms with Crippen molar-refractivity contribution < 1.29 is 23.1 Å². The zero-order chi connectivity index (χ0) is 26.4. The lowest BCUT2D eigenvalue weighted by molar-refractivity contribution is -0.139. The Hall–Kier alpha value is -3.48. The first-order valence-electron chi connectivity index (χ1n) is 12.2. The molecule has 0 atom stereocenters. The maximum atomic E-state index is 14.6. The van der Waals surface area contributed by atoms with E-state index in [1.807, 2.05) is 26.8 Å². The number of phenols is 1. The third-order valence-corrected chi connectivity index (χ3v) is 7.07. The molecule has 0 radical (unpaired) electrons. The van der Waals surface area contributed by atoms with Crippen LogP contribution in [0.4, 0.5) is 14.5 Å². The van der Waals surface area contributed by atoms with Crippen molar-refractivity contribution in [1.29, 1.82) is 0 Å². The van der Waals surface area contributed by atoms with Gasteiger partial charge in [-0.05, 0) is 71.7 Å². The van der Waals surface area contributed by atoms with Gasteiger partial charge in [0.1, 0.15) is 11.3 Å². The zero-order valence-electron chi connectivity index (χ0n) is 21.2. The quantitative estimate of drug-likeness (QED) is 0.379. The number of nitrogens with zero attached hydrogens (tertiary/aromatic N) is 1. The second kappa shape index (κ2) is 9.19. The number of rotatable bonds is 7. The summed E-state index contributed by atoms with van der Waals surface area (Å²) in [7, 11) is 0. The summed E-state index contributed by atoms with van der Waals surface area (Å²) in [5.74, 6) is -5.04. The Morgan fingerprint density at radius 3 is 2.47 bits per heavy atom. The number of aromatic hydroxyl groups is 1. The van der Waals surface area contributed by atoms with Gasteiger partial charge in [-0.2, -0.15) is 8.78 Å². The number of hydrogen-bond donors (Lipinski definition) is 1. The molecule has 0 saturated heterocycles. The fourth-order valence-electron chi connectivity index (χ4n) is 4.90. The second-order valence-corrected chi connectivity index (χ2v) is 10.3. The van der Waals surface area contributed by atoms with Crippen LogP contribution in [0.5, 0.6) is 5.75 Å². The summed E-state index contributed by atoms with van der Waals surface area (Å²) in [6, 6.07) is 9.67. The van der Waals surface area contributed by atoms with Gasteiger partial charge in [0.15, 0.2) is 0 Å². The Morgan fingerprint density at radius 2 is 1.81 bits per heavy atom. The number of carbonyl (C=O) groups excluding carboxylic acids is 1. The molecule has 0 unspecified atom stereocenters. The highest BCUT2D eigenvalue weighted by Gasteiger charge is 2.44. The van der Waals surface area contributed by atoms with E-state index >= 15 is 0 Å². The van der Waals surface area contributed by atoms with Gasteiger partial charge >= 0.3 is 11.5 Å². The van der Waals surface area contributed by atoms with Gasteiger partial charge in [-0.15, -0.1) is 0 Å². The van der Waals surface area contributed by atoms with Crippen molar-refractivity contribution in [1.82, 2.24) is 0 Å². The lowest BCUT2D eigenvalue weighted by Gasteiger charge is -2.34. The summed E-state index contributed by atoms with van der Waals surface area (Å²) in [5.41, 5.74) is 1.88. The number of halogens is 2. The van der Waals surface area contributed by atoms with Gasteiger partial charge in [0.2, 0.25) is 5.78 Å². The monoisotopic (exact) mass is 495 g/mol. The third-order valence-electron chi connectivity index (χ3n) is 7.07. The van der Waals surface area contributed by atoms with Gasteiger partial charge < -0.3 is 14.4 Å². The highest BCUT2D eigenvalue weighted by Crippen LogP contribution is 2.44. The van der Waals surface area contributed by atoms with Crippen LogP contribution >= 0.6 is 0 Å². The Kier molecular flexibility index (Phi) is 6.54. The highest BCUT2D eigenvalue weighted by molar-refractivity contribution is 6.03. The molecule has 0 fully saturated rings. The van der Waals surface area contributed by atoms with Crippen LogP contribution in [-0.4, -0.2) is 24.0 Å². The predicted octanol–water partition coefficient (Wildman–Crippen LogP) is 6.50. The number of alkyl halides is 2. The van der Waals surface area contributed by atoms with Crippen molar-refractivity contribution in [3.05, 3.63) is 75.1 Å². The van der Waals surface area contributed by atoms with Crippen molar-refractivity contribution in [2.24, 2.45) is 0 Å². The summed E-state index contributed by atoms with van der Waals surface area (Å²) in [6.07, 6.45) is 2.91. The van der Waals surface area contributed by atoms with Gasteiger partial charge in [0.05, 0.1) is 0 Å². The molecule has 1 N–H and O–H groups in total. The van der Waals surface area contributed by atoms with Crippen molar-refractivity contribution in [2.75, 3.05) is 18.0 Å². The number of carbonyl (C=O) groups is 1. The average Bonchev–Trinajstić information content (AvgIpc) is 2.81. The largest absolute Gasteiger partial charge is 0.508 e. The van der Waals surface area contributed by atoms with Gasteiger partial charge in [-0.3, -0.25) is 4.79 Å². The number of phenolic OH excluding ortho intramolecular Hbond substituents is 1. The normalized spacial score (nSPS) is 14.9. The van der Waals surface area contributed by atoms with Crippen LogP contribution in [0.1, 0.15) is 69.2 Å². The van der Waals surface area contributed by atoms with E-state index in [2.05, 4.69) is 24.8 Å². The minimum Gasteiger partial charge on any atom is -0.508 e. The van der Waals surface area contributed by atoms with Gasteiger partial charge in [-0.1, -0.05) is 33.8 Å². The van der Waals surface area contributed by atoms with E-state index in [9.17, 15) is 23.5 Å². The number of benzene rings is 2. The Labute approximate surface area is 209 Å². The molecule has 0 bridgehead atoms. The summed E-state index contributed by atoms with van der Waals surface area (Å²) in [4.78, 5) is 25.8. The molecular formula is C29H31F2NO4. The third kappa shape index (κ3) is 4.54. The smallest absolute Gasteiger partial charge is 0.336 e. The van der Waals surface area contributed by atoms with Crippen molar-refractivity contribution in [2.45, 2.75) is 58.3 Å². The van der Waals surface area contributed by atoms with E-state index in [1.165, 1.54) is 18.2 Å². The van der Waals surface area contributed by atoms with Crippen LogP contribution in [0.15, 0.2) is 51.7 Å². The topological polar surface area (TPSA) is 70.8 Å². The SMILES string of the molecule is CCN(CCC(C)(C)c1cc(O)cc2c1C=CC(=O)C2(F)F)c1cc(C(C)C)c2ccc(=O)oc2c1. The number of allylic oxidation sites excluding steroid dienone is 1. The van der Waals surface area contributed by atoms with Crippen LogP contribution in [0.3, 0.4) is 0 Å². The van der Waals surface area contributed by atoms with Crippen molar-refractivity contribution in [3.8, 4) is 5.75 Å². The van der Waals surface area contributed by atoms with E-state index in [0.717, 1.165) is 28.8 Å². The first-order valence-corrected chi connectivity index (χ1v) is 12.2.